The first-order valence-corrected chi connectivity index (χ1v) is 8.57. The van der Waals surface area contributed by atoms with Crippen LogP contribution in [0.25, 0.3) is 0 Å². The molecule has 130 valence electrons. The number of aromatic nitrogens is 3. The Hall–Kier alpha value is -2.57. The van der Waals surface area contributed by atoms with Crippen molar-refractivity contribution < 1.29 is 9.18 Å². The second-order valence-electron chi connectivity index (χ2n) is 7.02. The molecule has 0 unspecified atom stereocenters. The minimum absolute atomic E-state index is 0.0969. The zero-order valence-electron chi connectivity index (χ0n) is 13.8. The van der Waals surface area contributed by atoms with Gasteiger partial charge in [-0.25, -0.2) is 4.39 Å². The van der Waals surface area contributed by atoms with Gasteiger partial charge in [0.15, 0.2) is 0 Å². The molecule has 2 aromatic heterocycles. The molecule has 2 atom stereocenters. The number of amides is 1. The second kappa shape index (κ2) is 6.06. The topological polar surface area (TPSA) is 93.8 Å². The third-order valence-electron chi connectivity index (χ3n) is 5.40. The standard InChI is InChI=1S/C18H20FN5O/c19-13-3-1-8-21-16(13)18(6-2-7-18)10-22-15-5-4-14(23-24-15)11-9-12(11)17(20)25/h1,3-5,8,11-12H,2,6-7,9-10H2,(H2,20,25)(H,22,24)/t11-,12+/m0/s1. The number of rotatable bonds is 6. The SMILES string of the molecule is NC(=O)[C@@H]1C[C@@H]1c1ccc(NCC2(c3ncccc3F)CCC2)nn1. The first-order chi connectivity index (χ1) is 12.1. The fourth-order valence-electron chi connectivity index (χ4n) is 3.61. The normalized spacial score (nSPS) is 23.6. The van der Waals surface area contributed by atoms with Gasteiger partial charge in [-0.05, 0) is 43.5 Å². The lowest BCUT2D eigenvalue weighted by atomic mass is 9.66. The van der Waals surface area contributed by atoms with Crippen molar-refractivity contribution in [1.29, 1.82) is 0 Å². The summed E-state index contributed by atoms with van der Waals surface area (Å²) < 4.78 is 14.1. The van der Waals surface area contributed by atoms with Gasteiger partial charge in [0.05, 0.1) is 11.4 Å². The van der Waals surface area contributed by atoms with Crippen LogP contribution in [0.15, 0.2) is 30.5 Å². The highest BCUT2D eigenvalue weighted by Gasteiger charge is 2.44. The first-order valence-electron chi connectivity index (χ1n) is 8.57. The highest BCUT2D eigenvalue weighted by Crippen LogP contribution is 2.46. The van der Waals surface area contributed by atoms with Crippen LogP contribution in [0.1, 0.15) is 43.0 Å². The second-order valence-corrected chi connectivity index (χ2v) is 7.02. The summed E-state index contributed by atoms with van der Waals surface area (Å²) in [5.41, 5.74) is 6.35. The van der Waals surface area contributed by atoms with E-state index in [4.69, 9.17) is 5.73 Å². The molecular formula is C18H20FN5O. The molecule has 0 bridgehead atoms. The van der Waals surface area contributed by atoms with Gasteiger partial charge in [0.1, 0.15) is 11.6 Å². The first kappa shape index (κ1) is 15.9. The Kier molecular flexibility index (Phi) is 3.86. The Morgan fingerprint density at radius 3 is 2.72 bits per heavy atom. The highest BCUT2D eigenvalue weighted by molar-refractivity contribution is 5.80. The van der Waals surface area contributed by atoms with E-state index in [0.29, 0.717) is 18.1 Å². The molecule has 0 aliphatic heterocycles. The van der Waals surface area contributed by atoms with E-state index in [-0.39, 0.29) is 29.0 Å². The van der Waals surface area contributed by atoms with Crippen LogP contribution in [-0.4, -0.2) is 27.6 Å². The Bertz CT molecular complexity index is 790. The number of hydrogen-bond donors (Lipinski definition) is 2. The number of pyridine rings is 1. The van der Waals surface area contributed by atoms with Gasteiger partial charge in [-0.1, -0.05) is 6.42 Å². The summed E-state index contributed by atoms with van der Waals surface area (Å²) in [6.45, 7) is 0.572. The average molecular weight is 341 g/mol. The quantitative estimate of drug-likeness (QED) is 0.839. The van der Waals surface area contributed by atoms with E-state index in [1.54, 1.807) is 12.3 Å². The van der Waals surface area contributed by atoms with E-state index < -0.39 is 0 Å². The molecule has 2 heterocycles. The molecule has 2 aliphatic carbocycles. The summed E-state index contributed by atoms with van der Waals surface area (Å²) >= 11 is 0. The molecule has 6 nitrogen and oxygen atoms in total. The molecule has 2 saturated carbocycles. The van der Waals surface area contributed by atoms with Gasteiger partial charge in [-0.2, -0.15) is 5.10 Å². The fourth-order valence-corrected chi connectivity index (χ4v) is 3.61. The van der Waals surface area contributed by atoms with Gasteiger partial charge >= 0.3 is 0 Å². The molecule has 1 amide bonds. The Balaban J connectivity index is 1.43. The van der Waals surface area contributed by atoms with Gasteiger partial charge in [0, 0.05) is 30.0 Å². The number of carbonyl (C=O) groups is 1. The van der Waals surface area contributed by atoms with Crippen molar-refractivity contribution in [1.82, 2.24) is 15.2 Å². The molecular weight excluding hydrogens is 321 g/mol. The van der Waals surface area contributed by atoms with Crippen LogP contribution in [-0.2, 0) is 10.2 Å². The van der Waals surface area contributed by atoms with Crippen molar-refractivity contribution in [3.8, 4) is 0 Å². The van der Waals surface area contributed by atoms with Gasteiger partial charge in [0.2, 0.25) is 5.91 Å². The smallest absolute Gasteiger partial charge is 0.221 e. The van der Waals surface area contributed by atoms with Crippen molar-refractivity contribution >= 4 is 11.7 Å². The molecule has 3 N–H and O–H groups in total. The van der Waals surface area contributed by atoms with E-state index in [2.05, 4.69) is 20.5 Å². The maximum absolute atomic E-state index is 14.1. The monoisotopic (exact) mass is 341 g/mol. The minimum Gasteiger partial charge on any atom is -0.369 e. The molecule has 0 saturated heterocycles. The van der Waals surface area contributed by atoms with Gasteiger partial charge in [0.25, 0.3) is 0 Å². The van der Waals surface area contributed by atoms with Gasteiger partial charge < -0.3 is 11.1 Å². The third-order valence-corrected chi connectivity index (χ3v) is 5.40. The van der Waals surface area contributed by atoms with Crippen LogP contribution in [0.4, 0.5) is 10.2 Å². The molecule has 7 heteroatoms. The number of halogens is 1. The molecule has 2 aliphatic rings. The molecule has 25 heavy (non-hydrogen) atoms. The summed E-state index contributed by atoms with van der Waals surface area (Å²) in [7, 11) is 0. The van der Waals surface area contributed by atoms with Gasteiger partial charge in [-0.3, -0.25) is 9.78 Å². The van der Waals surface area contributed by atoms with Gasteiger partial charge in [-0.15, -0.1) is 5.10 Å². The van der Waals surface area contributed by atoms with E-state index in [1.807, 2.05) is 12.1 Å². The average Bonchev–Trinajstić information content (AvgIpc) is 3.37. The third kappa shape index (κ3) is 2.94. The Morgan fingerprint density at radius 2 is 2.16 bits per heavy atom. The lowest BCUT2D eigenvalue weighted by Gasteiger charge is -2.41. The predicted octanol–water partition coefficient (Wildman–Crippen LogP) is 2.13. The number of nitrogens with one attached hydrogen (secondary N) is 1. The Labute approximate surface area is 145 Å². The predicted molar refractivity (Wildman–Crippen MR) is 90.3 cm³/mol. The zero-order chi connectivity index (χ0) is 17.4. The van der Waals surface area contributed by atoms with Crippen molar-refractivity contribution in [3.05, 3.63) is 47.7 Å². The Morgan fingerprint density at radius 1 is 1.32 bits per heavy atom. The molecule has 2 aromatic rings. The number of hydrogen-bond acceptors (Lipinski definition) is 5. The summed E-state index contributed by atoms with van der Waals surface area (Å²) in [5.74, 6) is 0.0933. The van der Waals surface area contributed by atoms with Crippen LogP contribution in [0.2, 0.25) is 0 Å². The number of carbonyl (C=O) groups excluding carboxylic acids is 1. The summed E-state index contributed by atoms with van der Waals surface area (Å²) in [6, 6.07) is 6.79. The van der Waals surface area contributed by atoms with Crippen LogP contribution < -0.4 is 11.1 Å². The lowest BCUT2D eigenvalue weighted by Crippen LogP contribution is -2.42. The highest BCUT2D eigenvalue weighted by atomic mass is 19.1. The number of primary amides is 1. The van der Waals surface area contributed by atoms with Crippen LogP contribution in [0, 0.1) is 11.7 Å². The fraction of sp³-hybridized carbons (Fsp3) is 0.444. The van der Waals surface area contributed by atoms with Crippen LogP contribution >= 0.6 is 0 Å². The zero-order valence-corrected chi connectivity index (χ0v) is 13.8. The van der Waals surface area contributed by atoms with E-state index in [9.17, 15) is 9.18 Å². The molecule has 0 spiro atoms. The van der Waals surface area contributed by atoms with Crippen molar-refractivity contribution in [3.63, 3.8) is 0 Å². The summed E-state index contributed by atoms with van der Waals surface area (Å²) in [5, 5.41) is 11.6. The van der Waals surface area contributed by atoms with Crippen molar-refractivity contribution in [2.45, 2.75) is 37.0 Å². The summed E-state index contributed by atoms with van der Waals surface area (Å²) in [6.07, 6.45) is 5.26. The maximum atomic E-state index is 14.1. The molecule has 0 aromatic carbocycles. The van der Waals surface area contributed by atoms with Crippen LogP contribution in [0.5, 0.6) is 0 Å². The molecule has 4 rings (SSSR count). The number of nitrogens with zero attached hydrogens (tertiary/aromatic N) is 3. The largest absolute Gasteiger partial charge is 0.369 e. The van der Waals surface area contributed by atoms with E-state index in [1.165, 1.54) is 6.07 Å². The lowest BCUT2D eigenvalue weighted by molar-refractivity contribution is -0.119. The molecule has 0 radical (unpaired) electrons. The van der Waals surface area contributed by atoms with Crippen molar-refractivity contribution in [2.24, 2.45) is 11.7 Å². The van der Waals surface area contributed by atoms with E-state index >= 15 is 0 Å². The minimum atomic E-state index is -0.279. The van der Waals surface area contributed by atoms with Crippen LogP contribution in [0.3, 0.4) is 0 Å². The summed E-state index contributed by atoms with van der Waals surface area (Å²) in [4.78, 5) is 15.4. The molecule has 2 fully saturated rings. The number of nitrogens with two attached hydrogens (primary N) is 1. The number of anilines is 1. The maximum Gasteiger partial charge on any atom is 0.221 e. The van der Waals surface area contributed by atoms with Crippen molar-refractivity contribution in [2.75, 3.05) is 11.9 Å². The van der Waals surface area contributed by atoms with E-state index in [0.717, 1.165) is 31.4 Å².